The molecule has 0 aromatic heterocycles. The van der Waals surface area contributed by atoms with E-state index < -0.39 is 12.5 Å². The summed E-state index contributed by atoms with van der Waals surface area (Å²) < 4.78 is 0. The second-order valence-corrected chi connectivity index (χ2v) is 1.52. The molecule has 0 unspecified atom stereocenters. The monoisotopic (exact) mass is 105 g/mol. The van der Waals surface area contributed by atoms with E-state index in [2.05, 4.69) is 5.32 Å². The first kappa shape index (κ1) is 6.88. The van der Waals surface area contributed by atoms with Gasteiger partial charge >= 0.3 is 0 Å². The third-order valence-electron chi connectivity index (χ3n) is 0.482. The van der Waals surface area contributed by atoms with Gasteiger partial charge in [0.05, 0.1) is 0 Å². The summed E-state index contributed by atoms with van der Waals surface area (Å²) in [5.41, 5.74) is 0. The van der Waals surface area contributed by atoms with Gasteiger partial charge in [0.1, 0.15) is 12.5 Å². The van der Waals surface area contributed by atoms with E-state index in [9.17, 15) is 0 Å². The fourth-order valence-electron chi connectivity index (χ4n) is 0.349. The van der Waals surface area contributed by atoms with Gasteiger partial charge < -0.3 is 10.2 Å². The first-order valence-electron chi connectivity index (χ1n) is 2.25. The predicted octanol–water partition coefficient (Wildman–Crippen LogP) is -0.747. The first-order valence-corrected chi connectivity index (χ1v) is 2.25. The summed E-state index contributed by atoms with van der Waals surface area (Å²) in [5, 5.41) is 19.3. The van der Waals surface area contributed by atoms with Gasteiger partial charge in [-0.25, -0.2) is 0 Å². The molecule has 0 fully saturated rings. The number of aliphatic hydroxyl groups excluding tert-OH is 2. The molecule has 0 aliphatic heterocycles. The molecule has 3 nitrogen and oxygen atoms in total. The Balaban J connectivity index is 2.95. The van der Waals surface area contributed by atoms with Crippen molar-refractivity contribution in [3.63, 3.8) is 0 Å². The van der Waals surface area contributed by atoms with E-state index in [4.69, 9.17) is 10.2 Å². The van der Waals surface area contributed by atoms with E-state index >= 15 is 0 Å². The van der Waals surface area contributed by atoms with Crippen LogP contribution in [0.2, 0.25) is 0 Å². The van der Waals surface area contributed by atoms with Crippen LogP contribution in [0.4, 0.5) is 0 Å². The van der Waals surface area contributed by atoms with Crippen LogP contribution in [-0.2, 0) is 0 Å². The summed E-state index contributed by atoms with van der Waals surface area (Å²) in [6, 6.07) is 0. The molecule has 0 saturated heterocycles. The molecule has 7 heavy (non-hydrogen) atoms. The minimum Gasteiger partial charge on any atom is -0.379 e. The third-order valence-corrected chi connectivity index (χ3v) is 0.482. The summed E-state index contributed by atoms with van der Waals surface area (Å²) in [6.07, 6.45) is -1.25. The molecule has 0 radical (unpaired) electrons. The highest BCUT2D eigenvalue weighted by atomic mass is 16.3. The predicted molar refractivity (Wildman–Crippen MR) is 26.5 cm³/mol. The van der Waals surface area contributed by atoms with Crippen molar-refractivity contribution in [2.75, 3.05) is 0 Å². The number of nitrogens with one attached hydrogen (secondary N) is 1. The molecule has 3 N–H and O–H groups in total. The van der Waals surface area contributed by atoms with Gasteiger partial charge in [-0.05, 0) is 13.8 Å². The van der Waals surface area contributed by atoms with Crippen LogP contribution in [0.5, 0.6) is 0 Å². The molecule has 44 valence electrons. The first-order chi connectivity index (χ1) is 3.13. The smallest absolute Gasteiger partial charge is 0.103 e. The van der Waals surface area contributed by atoms with Crippen molar-refractivity contribution >= 4 is 0 Å². The molecule has 0 saturated carbocycles. The van der Waals surface area contributed by atoms with E-state index in [1.54, 1.807) is 13.8 Å². The lowest BCUT2D eigenvalue weighted by molar-refractivity contribution is 0.0632. The average molecular weight is 105 g/mol. The van der Waals surface area contributed by atoms with Gasteiger partial charge in [0.2, 0.25) is 0 Å². The van der Waals surface area contributed by atoms with Crippen LogP contribution in [0.1, 0.15) is 13.8 Å². The molecule has 2 atom stereocenters. The molecule has 0 rings (SSSR count). The zero-order chi connectivity index (χ0) is 5.86. The number of rotatable bonds is 2. The van der Waals surface area contributed by atoms with Gasteiger partial charge in [-0.2, -0.15) is 0 Å². The Hall–Kier alpha value is -0.120. The fourth-order valence-corrected chi connectivity index (χ4v) is 0.349. The van der Waals surface area contributed by atoms with Gasteiger partial charge in [-0.3, -0.25) is 5.32 Å². The minimum atomic E-state index is -0.625. The van der Waals surface area contributed by atoms with E-state index in [-0.39, 0.29) is 0 Å². The summed E-state index contributed by atoms with van der Waals surface area (Å²) in [5.74, 6) is 0. The molecule has 0 aromatic rings. The number of aliphatic hydroxyl groups is 2. The van der Waals surface area contributed by atoms with E-state index in [0.717, 1.165) is 0 Å². The molecule has 0 bridgehead atoms. The van der Waals surface area contributed by atoms with E-state index in [0.29, 0.717) is 0 Å². The van der Waals surface area contributed by atoms with Crippen molar-refractivity contribution in [3.8, 4) is 0 Å². The molecule has 0 amide bonds. The standard InChI is InChI=1S/C4H11NO2/c1-3(6)5-4(2)7/h3-7H,1-2H3/t3-,4-/m1/s1. The Bertz CT molecular complexity index is 39.0. The molecule has 0 heterocycles. The van der Waals surface area contributed by atoms with Gasteiger partial charge in [-0.1, -0.05) is 0 Å². The van der Waals surface area contributed by atoms with Crippen LogP contribution in [0.25, 0.3) is 0 Å². The minimum absolute atomic E-state index is 0.625. The van der Waals surface area contributed by atoms with Crippen LogP contribution >= 0.6 is 0 Å². The zero-order valence-corrected chi connectivity index (χ0v) is 4.55. The summed E-state index contributed by atoms with van der Waals surface area (Å²) in [6.45, 7) is 3.10. The van der Waals surface area contributed by atoms with Crippen LogP contribution in [0, 0.1) is 0 Å². The van der Waals surface area contributed by atoms with Crippen LogP contribution in [0.15, 0.2) is 0 Å². The van der Waals surface area contributed by atoms with Crippen LogP contribution in [-0.4, -0.2) is 22.7 Å². The third kappa shape index (κ3) is 5.88. The Kier molecular flexibility index (Phi) is 2.91. The quantitative estimate of drug-likeness (QED) is 0.405. The maximum Gasteiger partial charge on any atom is 0.103 e. The second-order valence-electron chi connectivity index (χ2n) is 1.52. The lowest BCUT2D eigenvalue weighted by atomic mass is 10.6. The zero-order valence-electron chi connectivity index (χ0n) is 4.55. The van der Waals surface area contributed by atoms with Crippen molar-refractivity contribution in [1.82, 2.24) is 5.32 Å². The lowest BCUT2D eigenvalue weighted by Crippen LogP contribution is -2.33. The van der Waals surface area contributed by atoms with E-state index in [1.165, 1.54) is 0 Å². The Labute approximate surface area is 43.0 Å². The fraction of sp³-hybridized carbons (Fsp3) is 1.00. The molecular weight excluding hydrogens is 94.0 g/mol. The summed E-state index contributed by atoms with van der Waals surface area (Å²) in [7, 11) is 0. The highest BCUT2D eigenvalue weighted by molar-refractivity contribution is 4.42. The second kappa shape index (κ2) is 2.96. The molecule has 3 heteroatoms. The van der Waals surface area contributed by atoms with E-state index in [1.807, 2.05) is 0 Å². The van der Waals surface area contributed by atoms with Gasteiger partial charge in [-0.15, -0.1) is 0 Å². The van der Waals surface area contributed by atoms with Crippen molar-refractivity contribution < 1.29 is 10.2 Å². The highest BCUT2D eigenvalue weighted by Crippen LogP contribution is 1.74. The molecular formula is C4H11NO2. The Morgan fingerprint density at radius 1 is 1.14 bits per heavy atom. The van der Waals surface area contributed by atoms with Crippen LogP contribution < -0.4 is 5.32 Å². The SMILES string of the molecule is C[C@@H](O)N[C@@H](C)O. The maximum absolute atomic E-state index is 8.45. The molecule has 0 aliphatic rings. The number of hydrogen-bond acceptors (Lipinski definition) is 3. The van der Waals surface area contributed by atoms with Gasteiger partial charge in [0, 0.05) is 0 Å². The topological polar surface area (TPSA) is 52.5 Å². The van der Waals surface area contributed by atoms with Gasteiger partial charge in [0.15, 0.2) is 0 Å². The van der Waals surface area contributed by atoms with Crippen molar-refractivity contribution in [1.29, 1.82) is 0 Å². The largest absolute Gasteiger partial charge is 0.379 e. The van der Waals surface area contributed by atoms with Gasteiger partial charge in [0.25, 0.3) is 0 Å². The summed E-state index contributed by atoms with van der Waals surface area (Å²) in [4.78, 5) is 0. The van der Waals surface area contributed by atoms with Crippen molar-refractivity contribution in [3.05, 3.63) is 0 Å². The van der Waals surface area contributed by atoms with Crippen molar-refractivity contribution in [2.45, 2.75) is 26.3 Å². The molecule has 0 aliphatic carbocycles. The molecule has 0 spiro atoms. The summed E-state index contributed by atoms with van der Waals surface area (Å²) >= 11 is 0. The van der Waals surface area contributed by atoms with Crippen molar-refractivity contribution in [2.24, 2.45) is 0 Å². The number of hydrogen-bond donors (Lipinski definition) is 3. The van der Waals surface area contributed by atoms with Crippen LogP contribution in [0.3, 0.4) is 0 Å². The molecule has 0 aromatic carbocycles. The highest BCUT2D eigenvalue weighted by Gasteiger charge is 1.95. The lowest BCUT2D eigenvalue weighted by Gasteiger charge is -2.08. The Morgan fingerprint density at radius 2 is 1.43 bits per heavy atom. The maximum atomic E-state index is 8.45. The Morgan fingerprint density at radius 3 is 1.43 bits per heavy atom. The normalized spacial score (nSPS) is 18.9. The average Bonchev–Trinajstić information content (AvgIpc) is 1.27.